The van der Waals surface area contributed by atoms with Gasteiger partial charge in [0.2, 0.25) is 10.0 Å². The van der Waals surface area contributed by atoms with Crippen LogP contribution >= 0.6 is 12.2 Å². The Morgan fingerprint density at radius 2 is 2.17 bits per heavy atom. The molecule has 0 spiro atoms. The maximum absolute atomic E-state index is 10.9. The number of thiocarbonyl (C=S) groups is 1. The van der Waals surface area contributed by atoms with Crippen LogP contribution < -0.4 is 4.72 Å². The maximum Gasteiger partial charge on any atom is 0.211 e. The van der Waals surface area contributed by atoms with Gasteiger partial charge in [-0.3, -0.25) is 0 Å². The lowest BCUT2D eigenvalue weighted by Crippen LogP contribution is -2.21. The molecule has 0 heterocycles. The van der Waals surface area contributed by atoms with E-state index in [2.05, 4.69) is 27.1 Å². The SMILES string of the molecule is CNS(=O)(=O)CCCCN=C=S. The first-order valence-electron chi connectivity index (χ1n) is 3.57. The van der Waals surface area contributed by atoms with Gasteiger partial charge in [-0.15, -0.1) is 0 Å². The average molecular weight is 208 g/mol. The van der Waals surface area contributed by atoms with E-state index >= 15 is 0 Å². The Labute approximate surface area is 78.1 Å². The summed E-state index contributed by atoms with van der Waals surface area (Å²) in [6, 6.07) is 0. The van der Waals surface area contributed by atoms with Gasteiger partial charge >= 0.3 is 0 Å². The van der Waals surface area contributed by atoms with Gasteiger partial charge in [-0.25, -0.2) is 18.1 Å². The normalized spacial score (nSPS) is 10.8. The molecule has 70 valence electrons. The fourth-order valence-electron chi connectivity index (χ4n) is 0.631. The second kappa shape index (κ2) is 6.25. The summed E-state index contributed by atoms with van der Waals surface area (Å²) in [5, 5.41) is 2.22. The predicted octanol–water partition coefficient (Wildman–Crippen LogP) is 0.419. The molecule has 0 fully saturated rings. The van der Waals surface area contributed by atoms with Crippen LogP contribution in [0.3, 0.4) is 0 Å². The summed E-state index contributed by atoms with van der Waals surface area (Å²) < 4.78 is 23.9. The van der Waals surface area contributed by atoms with Crippen molar-refractivity contribution in [2.45, 2.75) is 12.8 Å². The highest BCUT2D eigenvalue weighted by Crippen LogP contribution is 1.93. The highest BCUT2D eigenvalue weighted by molar-refractivity contribution is 7.89. The lowest BCUT2D eigenvalue weighted by Gasteiger charge is -1.99. The minimum Gasteiger partial charge on any atom is -0.233 e. The van der Waals surface area contributed by atoms with Crippen LogP contribution in [0.15, 0.2) is 4.99 Å². The second-order valence-electron chi connectivity index (χ2n) is 2.20. The van der Waals surface area contributed by atoms with Gasteiger partial charge in [0.1, 0.15) is 0 Å². The molecule has 0 aliphatic heterocycles. The summed E-state index contributed by atoms with van der Waals surface area (Å²) in [6.07, 6.45) is 1.33. The van der Waals surface area contributed by atoms with Gasteiger partial charge in [0.05, 0.1) is 10.9 Å². The number of aliphatic imine (C=N–C) groups is 1. The molecular weight excluding hydrogens is 196 g/mol. The number of isothiocyanates is 1. The van der Waals surface area contributed by atoms with E-state index in [4.69, 9.17) is 0 Å². The van der Waals surface area contributed by atoms with Crippen LogP contribution in [0.2, 0.25) is 0 Å². The highest BCUT2D eigenvalue weighted by atomic mass is 32.2. The highest BCUT2D eigenvalue weighted by Gasteiger charge is 2.04. The van der Waals surface area contributed by atoms with Gasteiger partial charge in [-0.2, -0.15) is 0 Å². The average Bonchev–Trinajstić information content (AvgIpc) is 2.04. The van der Waals surface area contributed by atoms with Crippen LogP contribution in [0.4, 0.5) is 0 Å². The zero-order valence-corrected chi connectivity index (χ0v) is 8.54. The van der Waals surface area contributed by atoms with E-state index < -0.39 is 10.0 Å². The number of rotatable bonds is 6. The molecule has 0 radical (unpaired) electrons. The number of hydrogen-bond acceptors (Lipinski definition) is 4. The molecule has 0 bridgehead atoms. The molecular formula is C6H12N2O2S2. The molecule has 1 N–H and O–H groups in total. The molecule has 6 heteroatoms. The molecule has 0 aromatic heterocycles. The van der Waals surface area contributed by atoms with Crippen molar-refractivity contribution in [1.82, 2.24) is 4.72 Å². The number of unbranched alkanes of at least 4 members (excludes halogenated alkanes) is 1. The van der Waals surface area contributed by atoms with E-state index in [1.165, 1.54) is 7.05 Å². The smallest absolute Gasteiger partial charge is 0.211 e. The first-order chi connectivity index (χ1) is 5.62. The molecule has 0 atom stereocenters. The minimum absolute atomic E-state index is 0.149. The van der Waals surface area contributed by atoms with E-state index in [-0.39, 0.29) is 5.75 Å². The van der Waals surface area contributed by atoms with Crippen molar-refractivity contribution in [2.75, 3.05) is 19.3 Å². The predicted molar refractivity (Wildman–Crippen MR) is 52.0 cm³/mol. The van der Waals surface area contributed by atoms with Crippen LogP contribution in [0, 0.1) is 0 Å². The largest absolute Gasteiger partial charge is 0.233 e. The number of sulfonamides is 1. The molecule has 0 saturated carbocycles. The van der Waals surface area contributed by atoms with Crippen molar-refractivity contribution >= 4 is 27.4 Å². The Morgan fingerprint density at radius 3 is 2.67 bits per heavy atom. The van der Waals surface area contributed by atoms with Crippen molar-refractivity contribution in [3.05, 3.63) is 0 Å². The summed E-state index contributed by atoms with van der Waals surface area (Å²) in [6.45, 7) is 0.558. The molecule has 0 unspecified atom stereocenters. The third kappa shape index (κ3) is 6.42. The number of hydrogen-bond donors (Lipinski definition) is 1. The summed E-state index contributed by atoms with van der Waals surface area (Å²) in [5.74, 6) is 0.149. The van der Waals surface area contributed by atoms with Crippen molar-refractivity contribution < 1.29 is 8.42 Å². The van der Waals surface area contributed by atoms with Crippen LogP contribution in [-0.4, -0.2) is 32.9 Å². The van der Waals surface area contributed by atoms with Gasteiger partial charge in [0.25, 0.3) is 0 Å². The van der Waals surface area contributed by atoms with Gasteiger partial charge in [0, 0.05) is 6.54 Å². The zero-order valence-electron chi connectivity index (χ0n) is 6.91. The standard InChI is InChI=1S/C6H12N2O2S2/c1-7-12(9,10)5-3-2-4-8-6-11/h7H,2-5H2,1H3. The third-order valence-corrected chi connectivity index (χ3v) is 2.89. The van der Waals surface area contributed by atoms with E-state index in [1.807, 2.05) is 0 Å². The molecule has 0 aliphatic carbocycles. The lowest BCUT2D eigenvalue weighted by atomic mass is 10.3. The topological polar surface area (TPSA) is 58.5 Å². The Balaban J connectivity index is 3.50. The van der Waals surface area contributed by atoms with Gasteiger partial charge < -0.3 is 0 Å². The molecule has 0 aromatic carbocycles. The maximum atomic E-state index is 10.9. The van der Waals surface area contributed by atoms with Crippen LogP contribution in [0.5, 0.6) is 0 Å². The molecule has 0 rings (SSSR count). The van der Waals surface area contributed by atoms with Crippen molar-refractivity contribution in [2.24, 2.45) is 4.99 Å². The van der Waals surface area contributed by atoms with Gasteiger partial charge in [-0.05, 0) is 32.1 Å². The van der Waals surface area contributed by atoms with E-state index in [9.17, 15) is 8.42 Å². The van der Waals surface area contributed by atoms with E-state index in [1.54, 1.807) is 0 Å². The molecule has 12 heavy (non-hydrogen) atoms. The van der Waals surface area contributed by atoms with Gasteiger partial charge in [0.15, 0.2) is 0 Å². The summed E-state index contributed by atoms with van der Waals surface area (Å²) in [7, 11) is -1.64. The van der Waals surface area contributed by atoms with E-state index in [0.717, 1.165) is 6.42 Å². The van der Waals surface area contributed by atoms with Crippen LogP contribution in [0.25, 0.3) is 0 Å². The molecule has 0 amide bonds. The van der Waals surface area contributed by atoms with Crippen molar-refractivity contribution in [1.29, 1.82) is 0 Å². The zero-order chi connectivity index (χ0) is 9.45. The monoisotopic (exact) mass is 208 g/mol. The summed E-state index contributed by atoms with van der Waals surface area (Å²) in [5.41, 5.74) is 0. The molecule has 4 nitrogen and oxygen atoms in total. The Morgan fingerprint density at radius 1 is 1.50 bits per heavy atom. The Hall–Kier alpha value is -0.290. The van der Waals surface area contributed by atoms with Gasteiger partial charge in [-0.1, -0.05) is 0 Å². The third-order valence-electron chi connectivity index (χ3n) is 1.31. The van der Waals surface area contributed by atoms with E-state index in [0.29, 0.717) is 13.0 Å². The fourth-order valence-corrected chi connectivity index (χ4v) is 1.51. The Bertz CT molecular complexity index is 255. The first-order valence-corrected chi connectivity index (χ1v) is 5.63. The van der Waals surface area contributed by atoms with Crippen LogP contribution in [0.1, 0.15) is 12.8 Å². The summed E-state index contributed by atoms with van der Waals surface area (Å²) >= 11 is 4.35. The van der Waals surface area contributed by atoms with Crippen molar-refractivity contribution in [3.63, 3.8) is 0 Å². The first kappa shape index (κ1) is 11.7. The number of nitrogens with zero attached hydrogens (tertiary/aromatic N) is 1. The lowest BCUT2D eigenvalue weighted by molar-refractivity contribution is 0.584. The number of nitrogens with one attached hydrogen (secondary N) is 1. The summed E-state index contributed by atoms with van der Waals surface area (Å²) in [4.78, 5) is 3.67. The molecule has 0 saturated heterocycles. The minimum atomic E-state index is -3.04. The Kier molecular flexibility index (Phi) is 6.10. The fraction of sp³-hybridized carbons (Fsp3) is 0.833. The second-order valence-corrected chi connectivity index (χ2v) is 4.43. The quantitative estimate of drug-likeness (QED) is 0.391. The molecule has 0 aromatic rings. The molecule has 0 aliphatic rings. The van der Waals surface area contributed by atoms with Crippen molar-refractivity contribution in [3.8, 4) is 0 Å². The van der Waals surface area contributed by atoms with Crippen LogP contribution in [-0.2, 0) is 10.0 Å².